The molecule has 0 unspecified atom stereocenters. The minimum absolute atomic E-state index is 0.707. The van der Waals surface area contributed by atoms with Gasteiger partial charge in [-0.25, -0.2) is 0 Å². The van der Waals surface area contributed by atoms with Crippen LogP contribution in [0.25, 0.3) is 0 Å². The summed E-state index contributed by atoms with van der Waals surface area (Å²) < 4.78 is 4.88. The summed E-state index contributed by atoms with van der Waals surface area (Å²) in [7, 11) is 0. The second-order valence-electron chi connectivity index (χ2n) is 2.33. The summed E-state index contributed by atoms with van der Waals surface area (Å²) in [5, 5.41) is 0. The summed E-state index contributed by atoms with van der Waals surface area (Å²) in [4.78, 5) is 0. The lowest BCUT2D eigenvalue weighted by molar-refractivity contribution is 0.378. The predicted octanol–water partition coefficient (Wildman–Crippen LogP) is 1.47. The molecule has 0 amide bonds. The van der Waals surface area contributed by atoms with Crippen molar-refractivity contribution in [2.75, 3.05) is 0 Å². The van der Waals surface area contributed by atoms with Gasteiger partial charge in [0.25, 0.3) is 0 Å². The Kier molecular flexibility index (Phi) is 0.366. The van der Waals surface area contributed by atoms with Crippen molar-refractivity contribution in [1.82, 2.24) is 0 Å². The molecule has 0 N–H and O–H groups in total. The van der Waals surface area contributed by atoms with E-state index in [9.17, 15) is 0 Å². The van der Waals surface area contributed by atoms with E-state index in [1.165, 1.54) is 17.4 Å². The molecule has 0 aromatic heterocycles. The van der Waals surface area contributed by atoms with E-state index in [0.29, 0.717) is 5.92 Å². The number of hydrogen-bond acceptors (Lipinski definition) is 1. The largest absolute Gasteiger partial charge is 0.457 e. The van der Waals surface area contributed by atoms with Crippen LogP contribution >= 0.6 is 0 Å². The molecule has 0 atom stereocenters. The minimum Gasteiger partial charge on any atom is -0.457 e. The summed E-state index contributed by atoms with van der Waals surface area (Å²) in [6.45, 7) is 4.37. The second kappa shape index (κ2) is 0.726. The number of rotatable bonds is 1. The first-order valence-corrected chi connectivity index (χ1v) is 2.60. The van der Waals surface area contributed by atoms with Crippen LogP contribution in [0.15, 0.2) is 11.5 Å². The van der Waals surface area contributed by atoms with Gasteiger partial charge in [-0.3, -0.25) is 0 Å². The zero-order chi connectivity index (χ0) is 5.02. The fourth-order valence-corrected chi connectivity index (χ4v) is 0.831. The van der Waals surface area contributed by atoms with Gasteiger partial charge in [-0.05, 0) is 5.92 Å². The van der Waals surface area contributed by atoms with E-state index in [4.69, 9.17) is 4.74 Å². The Morgan fingerprint density at radius 2 is 1.86 bits per heavy atom. The molecule has 0 saturated carbocycles. The average Bonchev–Trinajstić information content (AvgIpc) is 2.02. The van der Waals surface area contributed by atoms with Crippen molar-refractivity contribution >= 4 is 0 Å². The van der Waals surface area contributed by atoms with Gasteiger partial charge in [0.15, 0.2) is 11.5 Å². The lowest BCUT2D eigenvalue weighted by atomic mass is 10.1. The molecule has 7 heavy (non-hydrogen) atoms. The van der Waals surface area contributed by atoms with E-state index in [-0.39, 0.29) is 0 Å². The summed E-state index contributed by atoms with van der Waals surface area (Å²) in [5.41, 5.74) is 0. The molecule has 1 aliphatic carbocycles. The van der Waals surface area contributed by atoms with Gasteiger partial charge in [-0.15, -0.1) is 0 Å². The van der Waals surface area contributed by atoms with Gasteiger partial charge in [-0.1, -0.05) is 13.8 Å². The van der Waals surface area contributed by atoms with Crippen molar-refractivity contribution in [1.29, 1.82) is 0 Å². The molecule has 2 aliphatic rings. The SMILES string of the molecule is CC(C)[C]1C2=C1O2. The van der Waals surface area contributed by atoms with Gasteiger partial charge in [0.2, 0.25) is 0 Å². The molecule has 1 aliphatic heterocycles. The van der Waals surface area contributed by atoms with E-state index in [1.807, 2.05) is 0 Å². The molecule has 0 aromatic rings. The van der Waals surface area contributed by atoms with Crippen LogP contribution in [0.3, 0.4) is 0 Å². The standard InChI is InChI=1S/C6H7O/c1-3(2)4-5-6(4)7-5/h3H,1-2H3. The van der Waals surface area contributed by atoms with Crippen LogP contribution in [0.2, 0.25) is 0 Å². The van der Waals surface area contributed by atoms with Crippen LogP contribution in [0.5, 0.6) is 0 Å². The number of hydrogen-bond donors (Lipinski definition) is 0. The first-order valence-electron chi connectivity index (χ1n) is 2.60. The quantitative estimate of drug-likeness (QED) is 0.480. The van der Waals surface area contributed by atoms with E-state index in [1.54, 1.807) is 0 Å². The third-order valence-corrected chi connectivity index (χ3v) is 1.37. The van der Waals surface area contributed by atoms with Crippen LogP contribution in [0.4, 0.5) is 0 Å². The molecular formula is C6H7O. The highest BCUT2D eigenvalue weighted by Crippen LogP contribution is 2.62. The third kappa shape index (κ3) is 0.287. The van der Waals surface area contributed by atoms with Crippen LogP contribution in [0.1, 0.15) is 13.8 Å². The molecule has 0 bridgehead atoms. The topological polar surface area (TPSA) is 12.5 Å². The fraction of sp³-hybridized carbons (Fsp3) is 0.500. The maximum absolute atomic E-state index is 4.88. The van der Waals surface area contributed by atoms with Crippen molar-refractivity contribution in [3.05, 3.63) is 17.4 Å². The van der Waals surface area contributed by atoms with Gasteiger partial charge in [-0.2, -0.15) is 0 Å². The van der Waals surface area contributed by atoms with E-state index < -0.39 is 0 Å². The van der Waals surface area contributed by atoms with Crippen molar-refractivity contribution in [3.8, 4) is 0 Å². The lowest BCUT2D eigenvalue weighted by Gasteiger charge is -2.05. The molecule has 0 fully saturated rings. The highest BCUT2D eigenvalue weighted by atomic mass is 16.6. The summed E-state index contributed by atoms with van der Waals surface area (Å²) >= 11 is 0. The Balaban J connectivity index is 1.94. The molecule has 1 nitrogen and oxygen atoms in total. The Morgan fingerprint density at radius 1 is 1.29 bits per heavy atom. The Hall–Kier alpha value is -0.460. The van der Waals surface area contributed by atoms with Crippen molar-refractivity contribution in [2.24, 2.45) is 5.92 Å². The monoisotopic (exact) mass is 95.0 g/mol. The van der Waals surface area contributed by atoms with Crippen molar-refractivity contribution in [2.45, 2.75) is 13.8 Å². The molecule has 1 heteroatoms. The minimum atomic E-state index is 0.707. The molecule has 0 aromatic carbocycles. The van der Waals surface area contributed by atoms with Crippen LogP contribution < -0.4 is 0 Å². The molecule has 2 rings (SSSR count). The molecule has 1 radical (unpaired) electrons. The maximum atomic E-state index is 4.88. The van der Waals surface area contributed by atoms with Crippen LogP contribution in [-0.2, 0) is 4.74 Å². The lowest BCUT2D eigenvalue weighted by Crippen LogP contribution is -1.98. The normalized spacial score (nSPS) is 25.0. The predicted molar refractivity (Wildman–Crippen MR) is 26.2 cm³/mol. The molecule has 37 valence electrons. The van der Waals surface area contributed by atoms with Gasteiger partial charge in [0.1, 0.15) is 5.92 Å². The van der Waals surface area contributed by atoms with Crippen LogP contribution in [-0.4, -0.2) is 0 Å². The summed E-state index contributed by atoms with van der Waals surface area (Å²) in [5.74, 6) is 4.59. The zero-order valence-electron chi connectivity index (χ0n) is 4.49. The molecule has 0 spiro atoms. The smallest absolute Gasteiger partial charge is 0.159 e. The summed E-state index contributed by atoms with van der Waals surface area (Å²) in [6, 6.07) is 0. The zero-order valence-corrected chi connectivity index (χ0v) is 4.49. The van der Waals surface area contributed by atoms with E-state index >= 15 is 0 Å². The fourth-order valence-electron chi connectivity index (χ4n) is 0.831. The Morgan fingerprint density at radius 3 is 1.86 bits per heavy atom. The molecule has 1 heterocycles. The summed E-state index contributed by atoms with van der Waals surface area (Å²) in [6.07, 6.45) is 0. The van der Waals surface area contributed by atoms with Crippen molar-refractivity contribution < 1.29 is 4.74 Å². The first kappa shape index (κ1) is 3.53. The Labute approximate surface area is 43.0 Å². The van der Waals surface area contributed by atoms with Crippen LogP contribution in [0, 0.1) is 11.8 Å². The molecule has 0 saturated heterocycles. The highest BCUT2D eigenvalue weighted by molar-refractivity contribution is 5.65. The van der Waals surface area contributed by atoms with Crippen molar-refractivity contribution in [3.63, 3.8) is 0 Å². The first-order chi connectivity index (χ1) is 3.30. The highest BCUT2D eigenvalue weighted by Gasteiger charge is 2.57. The van der Waals surface area contributed by atoms with Gasteiger partial charge in [0.05, 0.1) is 0 Å². The van der Waals surface area contributed by atoms with Gasteiger partial charge < -0.3 is 4.74 Å². The third-order valence-electron chi connectivity index (χ3n) is 1.37. The van der Waals surface area contributed by atoms with E-state index in [0.717, 1.165) is 0 Å². The second-order valence-corrected chi connectivity index (χ2v) is 2.33. The number of allylic oxidation sites excluding steroid dienone is 2. The maximum Gasteiger partial charge on any atom is 0.159 e. The Bertz CT molecular complexity index is 132. The van der Waals surface area contributed by atoms with E-state index in [2.05, 4.69) is 13.8 Å². The average molecular weight is 95.1 g/mol. The molecular weight excluding hydrogens is 88.1 g/mol. The van der Waals surface area contributed by atoms with Gasteiger partial charge in [0, 0.05) is 0 Å². The number of ether oxygens (including phenoxy) is 1. The van der Waals surface area contributed by atoms with Gasteiger partial charge >= 0.3 is 0 Å².